The molecule has 1 unspecified atom stereocenters. The van der Waals surface area contributed by atoms with Crippen LogP contribution in [0, 0.1) is 5.82 Å². The zero-order valence-electron chi connectivity index (χ0n) is 13.8. The fourth-order valence-electron chi connectivity index (χ4n) is 2.19. The molecule has 0 fully saturated rings. The Hall–Kier alpha value is -1.89. The number of rotatable bonds is 6. The maximum Gasteiger partial charge on any atom is 0.227 e. The van der Waals surface area contributed by atoms with Gasteiger partial charge in [-0.05, 0) is 12.7 Å². The van der Waals surface area contributed by atoms with Gasteiger partial charge in [0.25, 0.3) is 0 Å². The predicted molar refractivity (Wildman–Crippen MR) is 91.7 cm³/mol. The number of nitrogens with zero attached hydrogens (tertiary/aromatic N) is 4. The molecule has 2 aromatic rings. The quantitative estimate of drug-likeness (QED) is 0.813. The summed E-state index contributed by atoms with van der Waals surface area (Å²) in [6.07, 6.45) is 7.57. The van der Waals surface area contributed by atoms with Crippen molar-refractivity contribution in [1.82, 2.24) is 14.8 Å². The van der Waals surface area contributed by atoms with E-state index < -0.39 is 5.82 Å². The fraction of sp³-hybridized carbons (Fsp3) is 0.438. The summed E-state index contributed by atoms with van der Waals surface area (Å²) in [5.74, 6) is -0.380. The molecule has 0 aromatic carbocycles. The number of aromatic nitrogens is 3. The molecule has 0 saturated heterocycles. The molecule has 0 radical (unpaired) electrons. The van der Waals surface area contributed by atoms with Crippen LogP contribution in [-0.4, -0.2) is 39.2 Å². The second-order valence-electron chi connectivity index (χ2n) is 5.32. The van der Waals surface area contributed by atoms with E-state index in [1.165, 1.54) is 12.3 Å². The number of halogens is 1. The standard InChI is InChI=1S/C16H21FN4OS/c1-5-14-15(20(3)16(22)6-11(2)23-4)10-21(19-14)13-7-12(17)8-18-9-13/h7-11H,5-6H2,1-4H3. The van der Waals surface area contributed by atoms with Crippen LogP contribution in [0.5, 0.6) is 0 Å². The molecular weight excluding hydrogens is 315 g/mol. The molecule has 0 aliphatic heterocycles. The van der Waals surface area contributed by atoms with Gasteiger partial charge in [-0.25, -0.2) is 9.07 Å². The summed E-state index contributed by atoms with van der Waals surface area (Å²) in [7, 11) is 1.75. The molecule has 2 aromatic heterocycles. The highest BCUT2D eigenvalue weighted by molar-refractivity contribution is 7.99. The van der Waals surface area contributed by atoms with Crippen LogP contribution in [0.2, 0.25) is 0 Å². The molecule has 0 bridgehead atoms. The Bertz CT molecular complexity index is 688. The van der Waals surface area contributed by atoms with E-state index in [2.05, 4.69) is 10.1 Å². The minimum absolute atomic E-state index is 0.0402. The lowest BCUT2D eigenvalue weighted by molar-refractivity contribution is -0.118. The molecule has 1 atom stereocenters. The molecule has 2 rings (SSSR count). The number of hydrogen-bond acceptors (Lipinski definition) is 4. The number of thioether (sulfide) groups is 1. The number of amides is 1. The molecule has 23 heavy (non-hydrogen) atoms. The van der Waals surface area contributed by atoms with Crippen molar-refractivity contribution in [2.24, 2.45) is 0 Å². The van der Waals surface area contributed by atoms with Crippen LogP contribution < -0.4 is 4.90 Å². The van der Waals surface area contributed by atoms with Crippen molar-refractivity contribution in [3.05, 3.63) is 36.2 Å². The maximum atomic E-state index is 13.3. The van der Waals surface area contributed by atoms with Crippen molar-refractivity contribution in [3.63, 3.8) is 0 Å². The van der Waals surface area contributed by atoms with Crippen molar-refractivity contribution in [1.29, 1.82) is 0 Å². The SMILES string of the molecule is CCc1nn(-c2cncc(F)c2)cc1N(C)C(=O)CC(C)SC. The summed E-state index contributed by atoms with van der Waals surface area (Å²) >= 11 is 1.66. The Morgan fingerprint density at radius 2 is 2.22 bits per heavy atom. The average molecular weight is 336 g/mol. The number of carbonyl (C=O) groups excluding carboxylic acids is 1. The molecule has 7 heteroatoms. The zero-order chi connectivity index (χ0) is 17.0. The van der Waals surface area contributed by atoms with Crippen LogP contribution >= 0.6 is 11.8 Å². The molecular formula is C16H21FN4OS. The van der Waals surface area contributed by atoms with E-state index in [9.17, 15) is 9.18 Å². The predicted octanol–water partition coefficient (Wildman–Crippen LogP) is 3.07. The Morgan fingerprint density at radius 1 is 1.48 bits per heavy atom. The van der Waals surface area contributed by atoms with Crippen molar-refractivity contribution < 1.29 is 9.18 Å². The number of pyridine rings is 1. The molecule has 1 amide bonds. The maximum absolute atomic E-state index is 13.3. The molecule has 0 N–H and O–H groups in total. The first-order valence-corrected chi connectivity index (χ1v) is 8.73. The Balaban J connectivity index is 2.30. The Morgan fingerprint density at radius 3 is 2.83 bits per heavy atom. The van der Waals surface area contributed by atoms with Gasteiger partial charge in [0, 0.05) is 24.8 Å². The average Bonchev–Trinajstić information content (AvgIpc) is 2.98. The molecule has 0 aliphatic carbocycles. The lowest BCUT2D eigenvalue weighted by Crippen LogP contribution is -2.28. The van der Waals surface area contributed by atoms with Crippen LogP contribution in [0.25, 0.3) is 5.69 Å². The topological polar surface area (TPSA) is 51.0 Å². The van der Waals surface area contributed by atoms with Crippen LogP contribution in [0.15, 0.2) is 24.7 Å². The van der Waals surface area contributed by atoms with Gasteiger partial charge < -0.3 is 4.90 Å². The van der Waals surface area contributed by atoms with Gasteiger partial charge >= 0.3 is 0 Å². The fourth-order valence-corrected chi connectivity index (χ4v) is 2.50. The Kier molecular flexibility index (Phi) is 5.76. The lowest BCUT2D eigenvalue weighted by Gasteiger charge is -2.18. The summed E-state index contributed by atoms with van der Waals surface area (Å²) in [4.78, 5) is 17.8. The zero-order valence-corrected chi connectivity index (χ0v) is 14.6. The van der Waals surface area contributed by atoms with E-state index in [0.29, 0.717) is 18.5 Å². The first-order chi connectivity index (χ1) is 11.0. The summed E-state index contributed by atoms with van der Waals surface area (Å²) in [6.45, 7) is 4.00. The molecule has 0 aliphatic rings. The van der Waals surface area contributed by atoms with E-state index in [1.807, 2.05) is 20.1 Å². The van der Waals surface area contributed by atoms with Gasteiger partial charge in [0.15, 0.2) is 0 Å². The Labute approximate surface area is 139 Å². The summed E-state index contributed by atoms with van der Waals surface area (Å²) < 4.78 is 14.9. The summed E-state index contributed by atoms with van der Waals surface area (Å²) in [5, 5.41) is 4.72. The lowest BCUT2D eigenvalue weighted by atomic mass is 10.2. The van der Waals surface area contributed by atoms with Crippen LogP contribution in [0.1, 0.15) is 26.0 Å². The summed E-state index contributed by atoms with van der Waals surface area (Å²) in [5.41, 5.74) is 2.07. The van der Waals surface area contributed by atoms with Gasteiger partial charge in [-0.15, -0.1) is 0 Å². The number of hydrogen-bond donors (Lipinski definition) is 0. The van der Waals surface area contributed by atoms with E-state index in [1.54, 1.807) is 34.6 Å². The molecule has 124 valence electrons. The van der Waals surface area contributed by atoms with Crippen molar-refractivity contribution in [2.75, 3.05) is 18.2 Å². The van der Waals surface area contributed by atoms with E-state index in [-0.39, 0.29) is 11.2 Å². The molecule has 0 saturated carbocycles. The highest BCUT2D eigenvalue weighted by atomic mass is 32.2. The number of anilines is 1. The second-order valence-corrected chi connectivity index (χ2v) is 6.60. The minimum Gasteiger partial charge on any atom is -0.312 e. The van der Waals surface area contributed by atoms with Gasteiger partial charge in [-0.1, -0.05) is 13.8 Å². The highest BCUT2D eigenvalue weighted by Crippen LogP contribution is 2.23. The first-order valence-electron chi connectivity index (χ1n) is 7.45. The van der Waals surface area contributed by atoms with Gasteiger partial charge in [-0.2, -0.15) is 16.9 Å². The smallest absolute Gasteiger partial charge is 0.227 e. The normalized spacial score (nSPS) is 12.2. The minimum atomic E-state index is -0.421. The molecule has 5 nitrogen and oxygen atoms in total. The van der Waals surface area contributed by atoms with Gasteiger partial charge in [0.2, 0.25) is 5.91 Å². The number of carbonyl (C=O) groups is 1. The van der Waals surface area contributed by atoms with E-state index in [0.717, 1.165) is 17.6 Å². The third-order valence-corrected chi connectivity index (χ3v) is 4.63. The van der Waals surface area contributed by atoms with Crippen molar-refractivity contribution in [2.45, 2.75) is 31.9 Å². The van der Waals surface area contributed by atoms with Crippen LogP contribution in [0.4, 0.5) is 10.1 Å². The van der Waals surface area contributed by atoms with E-state index in [4.69, 9.17) is 0 Å². The van der Waals surface area contributed by atoms with E-state index >= 15 is 0 Å². The summed E-state index contributed by atoms with van der Waals surface area (Å²) in [6, 6.07) is 1.36. The van der Waals surface area contributed by atoms with Gasteiger partial charge in [0.1, 0.15) is 5.82 Å². The van der Waals surface area contributed by atoms with Crippen LogP contribution in [-0.2, 0) is 11.2 Å². The first kappa shape index (κ1) is 17.5. The highest BCUT2D eigenvalue weighted by Gasteiger charge is 2.19. The van der Waals surface area contributed by atoms with Crippen molar-refractivity contribution in [3.8, 4) is 5.69 Å². The van der Waals surface area contributed by atoms with Gasteiger partial charge in [-0.3, -0.25) is 9.78 Å². The van der Waals surface area contributed by atoms with Crippen LogP contribution in [0.3, 0.4) is 0 Å². The van der Waals surface area contributed by atoms with Gasteiger partial charge in [0.05, 0.1) is 35.7 Å². The van der Waals surface area contributed by atoms with Crippen molar-refractivity contribution >= 4 is 23.4 Å². The number of aryl methyl sites for hydroxylation is 1. The second kappa shape index (κ2) is 7.59. The monoisotopic (exact) mass is 336 g/mol. The molecule has 2 heterocycles. The third kappa shape index (κ3) is 4.10. The third-order valence-electron chi connectivity index (χ3n) is 3.66. The molecule has 0 spiro atoms. The largest absolute Gasteiger partial charge is 0.312 e.